The quantitative estimate of drug-likeness (QED) is 0.721. The molecule has 0 aromatic heterocycles. The van der Waals surface area contributed by atoms with Gasteiger partial charge < -0.3 is 16.4 Å². The fourth-order valence-electron chi connectivity index (χ4n) is 3.62. The molecule has 116 valence electrons. The maximum Gasteiger partial charge on any atom is 0.242 e. The molecule has 4 N–H and O–H groups in total. The van der Waals surface area contributed by atoms with Gasteiger partial charge in [-0.15, -0.1) is 12.4 Å². The second kappa shape index (κ2) is 7.27. The number of carbonyl (C=O) groups is 2. The van der Waals surface area contributed by atoms with E-state index in [1.54, 1.807) is 14.0 Å². The van der Waals surface area contributed by atoms with Crippen molar-refractivity contribution in [2.24, 2.45) is 23.5 Å². The van der Waals surface area contributed by atoms with Crippen LogP contribution in [0.15, 0.2) is 0 Å². The summed E-state index contributed by atoms with van der Waals surface area (Å²) in [6, 6.07) is -0.192. The largest absolute Gasteiger partial charge is 0.357 e. The Morgan fingerprint density at radius 1 is 1.20 bits per heavy atom. The number of rotatable bonds is 3. The number of fused-ring (bicyclic) bond motifs is 2. The Morgan fingerprint density at radius 2 is 1.75 bits per heavy atom. The van der Waals surface area contributed by atoms with Gasteiger partial charge in [0.15, 0.2) is 0 Å². The molecule has 5 nitrogen and oxygen atoms in total. The molecule has 2 bridgehead atoms. The Balaban J connectivity index is 0.00000200. The summed E-state index contributed by atoms with van der Waals surface area (Å²) in [6.45, 7) is 1.71. The summed E-state index contributed by atoms with van der Waals surface area (Å²) in [5.74, 6) is 0.861. The molecule has 2 aliphatic carbocycles. The van der Waals surface area contributed by atoms with E-state index in [0.717, 1.165) is 25.7 Å². The molecule has 2 amide bonds. The van der Waals surface area contributed by atoms with Crippen LogP contribution in [0.2, 0.25) is 0 Å². The summed E-state index contributed by atoms with van der Waals surface area (Å²) in [4.78, 5) is 23.7. The number of nitrogens with one attached hydrogen (secondary N) is 2. The Labute approximate surface area is 126 Å². The summed E-state index contributed by atoms with van der Waals surface area (Å²) in [5, 5.41) is 5.36. The predicted molar refractivity (Wildman–Crippen MR) is 80.4 cm³/mol. The maximum absolute atomic E-state index is 12.2. The maximum atomic E-state index is 12.2. The molecule has 0 spiro atoms. The molecule has 0 heterocycles. The first-order valence-corrected chi connectivity index (χ1v) is 7.30. The van der Waals surface area contributed by atoms with Crippen molar-refractivity contribution >= 4 is 24.2 Å². The van der Waals surface area contributed by atoms with Crippen molar-refractivity contribution in [2.45, 2.75) is 51.1 Å². The van der Waals surface area contributed by atoms with Gasteiger partial charge in [-0.3, -0.25) is 9.59 Å². The molecule has 2 aliphatic rings. The van der Waals surface area contributed by atoms with E-state index in [4.69, 9.17) is 5.73 Å². The van der Waals surface area contributed by atoms with Gasteiger partial charge in [0.05, 0.1) is 0 Å². The average Bonchev–Trinajstić information content (AvgIpc) is 2.37. The number of hydrogen-bond acceptors (Lipinski definition) is 3. The van der Waals surface area contributed by atoms with Gasteiger partial charge in [-0.2, -0.15) is 0 Å². The highest BCUT2D eigenvalue weighted by atomic mass is 35.5. The van der Waals surface area contributed by atoms with E-state index in [1.165, 1.54) is 6.42 Å². The second-order valence-electron chi connectivity index (χ2n) is 6.04. The fraction of sp³-hybridized carbons (Fsp3) is 0.857. The van der Waals surface area contributed by atoms with Crippen molar-refractivity contribution in [1.29, 1.82) is 0 Å². The van der Waals surface area contributed by atoms with Crippen LogP contribution in [0.5, 0.6) is 0 Å². The van der Waals surface area contributed by atoms with Crippen molar-refractivity contribution in [3.05, 3.63) is 0 Å². The molecular formula is C14H26ClN3O2. The minimum absolute atomic E-state index is 0. The van der Waals surface area contributed by atoms with Gasteiger partial charge in [0.25, 0.3) is 0 Å². The smallest absolute Gasteiger partial charge is 0.242 e. The molecule has 0 aliphatic heterocycles. The molecule has 6 heteroatoms. The summed E-state index contributed by atoms with van der Waals surface area (Å²) < 4.78 is 0. The third-order valence-electron chi connectivity index (χ3n) is 4.78. The normalized spacial score (nSPS) is 33.5. The van der Waals surface area contributed by atoms with Crippen LogP contribution in [-0.4, -0.2) is 30.9 Å². The number of hydrogen-bond donors (Lipinski definition) is 3. The minimum atomic E-state index is -0.465. The highest BCUT2D eigenvalue weighted by molar-refractivity contribution is 5.88. The van der Waals surface area contributed by atoms with Crippen molar-refractivity contribution in [2.75, 3.05) is 7.05 Å². The predicted octanol–water partition coefficient (Wildman–Crippen LogP) is 0.812. The van der Waals surface area contributed by atoms with E-state index in [9.17, 15) is 9.59 Å². The summed E-state index contributed by atoms with van der Waals surface area (Å²) in [5.41, 5.74) is 6.22. The number of likely N-dealkylation sites (N-methyl/N-ethyl adjacent to an activating group) is 1. The van der Waals surface area contributed by atoms with Crippen LogP contribution in [0.3, 0.4) is 0 Å². The number of nitrogens with two attached hydrogens (primary N) is 1. The van der Waals surface area contributed by atoms with Crippen LogP contribution in [-0.2, 0) is 9.59 Å². The summed E-state index contributed by atoms with van der Waals surface area (Å²) in [6.07, 6.45) is 5.29. The van der Waals surface area contributed by atoms with Crippen LogP contribution in [0.1, 0.15) is 39.0 Å². The molecule has 2 unspecified atom stereocenters. The SMILES string of the molecule is CNC(=O)[C@@H](C)NC(=O)C1CC2CCCC(C1)C2N.Cl. The number of carbonyl (C=O) groups excluding carboxylic acids is 2. The highest BCUT2D eigenvalue weighted by Crippen LogP contribution is 2.41. The van der Waals surface area contributed by atoms with Crippen LogP contribution in [0, 0.1) is 17.8 Å². The van der Waals surface area contributed by atoms with Gasteiger partial charge in [0.1, 0.15) is 6.04 Å². The molecule has 0 radical (unpaired) electrons. The standard InChI is InChI=1S/C14H25N3O2.ClH/c1-8(13(18)16-2)17-14(19)11-6-9-4-3-5-10(7-11)12(9)15;/h8-12H,3-7,15H2,1-2H3,(H,16,18)(H,17,19);1H/t8-,9?,10?,11?,12?;/m1./s1. The molecule has 20 heavy (non-hydrogen) atoms. The van der Waals surface area contributed by atoms with E-state index in [0.29, 0.717) is 11.8 Å². The van der Waals surface area contributed by atoms with E-state index in [-0.39, 0.29) is 36.2 Å². The summed E-state index contributed by atoms with van der Waals surface area (Å²) in [7, 11) is 1.58. The van der Waals surface area contributed by atoms with Crippen LogP contribution in [0.4, 0.5) is 0 Å². The number of halogens is 1. The first kappa shape index (κ1) is 17.2. The van der Waals surface area contributed by atoms with Gasteiger partial charge in [-0.1, -0.05) is 6.42 Å². The lowest BCUT2D eigenvalue weighted by Gasteiger charge is -2.43. The van der Waals surface area contributed by atoms with Gasteiger partial charge in [-0.25, -0.2) is 0 Å². The van der Waals surface area contributed by atoms with Gasteiger partial charge in [0.2, 0.25) is 11.8 Å². The Hall–Kier alpha value is -0.810. The molecule has 0 saturated heterocycles. The lowest BCUT2D eigenvalue weighted by Crippen LogP contribution is -2.51. The highest BCUT2D eigenvalue weighted by Gasteiger charge is 2.40. The zero-order chi connectivity index (χ0) is 14.0. The second-order valence-corrected chi connectivity index (χ2v) is 6.04. The molecule has 0 aromatic rings. The van der Waals surface area contributed by atoms with Gasteiger partial charge in [0, 0.05) is 19.0 Å². The van der Waals surface area contributed by atoms with E-state index in [2.05, 4.69) is 10.6 Å². The fourth-order valence-corrected chi connectivity index (χ4v) is 3.62. The van der Waals surface area contributed by atoms with E-state index >= 15 is 0 Å². The lowest BCUT2D eigenvalue weighted by atomic mass is 9.65. The third-order valence-corrected chi connectivity index (χ3v) is 4.78. The third kappa shape index (κ3) is 3.64. The van der Waals surface area contributed by atoms with Crippen LogP contribution >= 0.6 is 12.4 Å². The van der Waals surface area contributed by atoms with Crippen molar-refractivity contribution in [3.8, 4) is 0 Å². The van der Waals surface area contributed by atoms with E-state index in [1.807, 2.05) is 0 Å². The van der Waals surface area contributed by atoms with Gasteiger partial charge in [-0.05, 0) is 44.4 Å². The first-order chi connectivity index (χ1) is 9.02. The molecule has 2 fully saturated rings. The Kier molecular flexibility index (Phi) is 6.27. The van der Waals surface area contributed by atoms with Crippen molar-refractivity contribution in [1.82, 2.24) is 10.6 Å². The van der Waals surface area contributed by atoms with Crippen LogP contribution in [0.25, 0.3) is 0 Å². The zero-order valence-corrected chi connectivity index (χ0v) is 13.0. The molecular weight excluding hydrogens is 278 g/mol. The number of amides is 2. The zero-order valence-electron chi connectivity index (χ0n) is 12.2. The monoisotopic (exact) mass is 303 g/mol. The topological polar surface area (TPSA) is 84.2 Å². The molecule has 0 aromatic carbocycles. The molecule has 3 atom stereocenters. The summed E-state index contributed by atoms with van der Waals surface area (Å²) >= 11 is 0. The van der Waals surface area contributed by atoms with Crippen molar-refractivity contribution in [3.63, 3.8) is 0 Å². The van der Waals surface area contributed by atoms with Crippen LogP contribution < -0.4 is 16.4 Å². The molecule has 2 rings (SSSR count). The van der Waals surface area contributed by atoms with Gasteiger partial charge >= 0.3 is 0 Å². The Morgan fingerprint density at radius 3 is 2.25 bits per heavy atom. The van der Waals surface area contributed by atoms with E-state index < -0.39 is 6.04 Å². The minimum Gasteiger partial charge on any atom is -0.357 e. The average molecular weight is 304 g/mol. The first-order valence-electron chi connectivity index (χ1n) is 7.30. The van der Waals surface area contributed by atoms with Crippen molar-refractivity contribution < 1.29 is 9.59 Å². The lowest BCUT2D eigenvalue weighted by molar-refractivity contribution is -0.132. The molecule has 2 saturated carbocycles. The Bertz CT molecular complexity index is 350.